The lowest BCUT2D eigenvalue weighted by molar-refractivity contribution is 0.504. The van der Waals surface area contributed by atoms with Crippen molar-refractivity contribution >= 4 is 11.8 Å². The molecule has 0 fully saturated rings. The van der Waals surface area contributed by atoms with Gasteiger partial charge in [-0.2, -0.15) is 5.10 Å². The van der Waals surface area contributed by atoms with Crippen LogP contribution in [0.1, 0.15) is 42.3 Å². The Bertz CT molecular complexity index is 705. The summed E-state index contributed by atoms with van der Waals surface area (Å²) in [7, 11) is 0. The Hall–Kier alpha value is -1.66. The third-order valence-electron chi connectivity index (χ3n) is 3.87. The Morgan fingerprint density at radius 1 is 1.42 bits per heavy atom. The van der Waals surface area contributed by atoms with Gasteiger partial charge in [0.25, 0.3) is 0 Å². The number of aryl methyl sites for hydroxylation is 1. The van der Waals surface area contributed by atoms with Gasteiger partial charge in [0.2, 0.25) is 0 Å². The molecule has 0 aliphatic heterocycles. The van der Waals surface area contributed by atoms with Crippen LogP contribution in [0.3, 0.4) is 0 Å². The summed E-state index contributed by atoms with van der Waals surface area (Å²) < 4.78 is 15.7. The Kier molecular flexibility index (Phi) is 6.57. The van der Waals surface area contributed by atoms with Crippen molar-refractivity contribution in [1.82, 2.24) is 14.8 Å². The maximum atomic E-state index is 13.9. The summed E-state index contributed by atoms with van der Waals surface area (Å²) in [5.41, 5.74) is 9.69. The first-order valence-electron chi connectivity index (χ1n) is 8.06. The average molecular weight is 348 g/mol. The van der Waals surface area contributed by atoms with E-state index in [1.54, 1.807) is 16.4 Å². The molecule has 24 heavy (non-hydrogen) atoms. The number of nitrogens with zero attached hydrogens (tertiary/aromatic N) is 3. The van der Waals surface area contributed by atoms with E-state index in [0.717, 1.165) is 34.0 Å². The van der Waals surface area contributed by atoms with Crippen molar-refractivity contribution in [3.63, 3.8) is 0 Å². The average Bonchev–Trinajstić information content (AvgIpc) is 2.84. The second-order valence-corrected chi connectivity index (χ2v) is 6.86. The largest absolute Gasteiger partial charge is 0.327 e. The van der Waals surface area contributed by atoms with Crippen LogP contribution >= 0.6 is 11.8 Å². The van der Waals surface area contributed by atoms with E-state index in [9.17, 15) is 4.39 Å². The lowest BCUT2D eigenvalue weighted by Gasteiger charge is -2.12. The van der Waals surface area contributed by atoms with Gasteiger partial charge in [-0.15, -0.1) is 11.8 Å². The van der Waals surface area contributed by atoms with Gasteiger partial charge in [0.1, 0.15) is 5.83 Å². The number of thioether (sulfide) groups is 1. The molecule has 0 aliphatic carbocycles. The molecule has 4 nitrogen and oxygen atoms in total. The van der Waals surface area contributed by atoms with E-state index in [1.165, 1.54) is 6.08 Å². The van der Waals surface area contributed by atoms with Crippen molar-refractivity contribution in [2.45, 2.75) is 44.7 Å². The maximum Gasteiger partial charge on any atom is 0.119 e. The zero-order chi connectivity index (χ0) is 17.7. The molecule has 2 N–H and O–H groups in total. The van der Waals surface area contributed by atoms with Gasteiger partial charge in [0, 0.05) is 30.4 Å². The Balaban J connectivity index is 2.34. The van der Waals surface area contributed by atoms with Crippen molar-refractivity contribution in [2.24, 2.45) is 5.73 Å². The number of hydrogen-bond acceptors (Lipinski definition) is 4. The molecule has 0 amide bonds. The van der Waals surface area contributed by atoms with Gasteiger partial charge >= 0.3 is 0 Å². The van der Waals surface area contributed by atoms with Crippen LogP contribution < -0.4 is 5.73 Å². The van der Waals surface area contributed by atoms with Crippen LogP contribution in [0.4, 0.5) is 4.39 Å². The highest BCUT2D eigenvalue weighted by molar-refractivity contribution is 7.98. The van der Waals surface area contributed by atoms with E-state index in [0.29, 0.717) is 0 Å². The first kappa shape index (κ1) is 18.7. The lowest BCUT2D eigenvalue weighted by atomic mass is 9.98. The van der Waals surface area contributed by atoms with Crippen LogP contribution in [0.25, 0.3) is 0 Å². The van der Waals surface area contributed by atoms with E-state index in [2.05, 4.69) is 30.0 Å². The van der Waals surface area contributed by atoms with Crippen LogP contribution in [0.2, 0.25) is 0 Å². The number of nitrogens with two attached hydrogens (primary N) is 1. The van der Waals surface area contributed by atoms with Gasteiger partial charge in [0.15, 0.2) is 0 Å². The molecule has 0 aliphatic rings. The lowest BCUT2D eigenvalue weighted by Crippen LogP contribution is -2.09. The van der Waals surface area contributed by atoms with Gasteiger partial charge in [0.05, 0.1) is 17.3 Å². The quantitative estimate of drug-likeness (QED) is 0.773. The predicted octanol–water partition coefficient (Wildman–Crippen LogP) is 3.83. The number of allylic oxidation sites excluding steroid dienone is 1. The number of hydrogen-bond donors (Lipinski definition) is 1. The van der Waals surface area contributed by atoms with E-state index < -0.39 is 0 Å². The van der Waals surface area contributed by atoms with Gasteiger partial charge < -0.3 is 5.73 Å². The van der Waals surface area contributed by atoms with Crippen LogP contribution in [-0.2, 0) is 13.0 Å². The highest BCUT2D eigenvalue weighted by Gasteiger charge is 2.19. The molecular weight excluding hydrogens is 323 g/mol. The predicted molar refractivity (Wildman–Crippen MR) is 98.1 cm³/mol. The fourth-order valence-electron chi connectivity index (χ4n) is 2.80. The smallest absolute Gasteiger partial charge is 0.119 e. The van der Waals surface area contributed by atoms with Crippen LogP contribution in [0.5, 0.6) is 0 Å². The highest BCUT2D eigenvalue weighted by Crippen LogP contribution is 2.26. The Labute approximate surface area is 147 Å². The summed E-state index contributed by atoms with van der Waals surface area (Å²) in [5, 5.41) is 5.56. The minimum atomic E-state index is -0.251. The molecule has 6 heteroatoms. The van der Waals surface area contributed by atoms with Crippen molar-refractivity contribution < 1.29 is 4.39 Å². The van der Waals surface area contributed by atoms with Gasteiger partial charge in [-0.25, -0.2) is 9.37 Å². The van der Waals surface area contributed by atoms with E-state index >= 15 is 0 Å². The van der Waals surface area contributed by atoms with Gasteiger partial charge in [-0.05, 0) is 36.8 Å². The summed E-state index contributed by atoms with van der Waals surface area (Å²) in [6.07, 6.45) is 6.06. The van der Waals surface area contributed by atoms with E-state index in [4.69, 9.17) is 5.73 Å². The molecule has 0 radical (unpaired) electrons. The molecule has 2 heterocycles. The molecule has 2 rings (SSSR count). The number of rotatable bonds is 7. The molecule has 2 aromatic rings. The van der Waals surface area contributed by atoms with Crippen LogP contribution in [0, 0.1) is 6.92 Å². The van der Waals surface area contributed by atoms with Gasteiger partial charge in [-0.3, -0.25) is 4.68 Å². The summed E-state index contributed by atoms with van der Waals surface area (Å²) in [4.78, 5) is 4.43. The van der Waals surface area contributed by atoms with E-state index in [-0.39, 0.29) is 24.8 Å². The van der Waals surface area contributed by atoms with E-state index in [1.807, 2.05) is 25.4 Å². The van der Waals surface area contributed by atoms with Crippen molar-refractivity contribution in [3.8, 4) is 0 Å². The molecule has 0 unspecified atom stereocenters. The summed E-state index contributed by atoms with van der Waals surface area (Å²) >= 11 is 1.62. The normalized spacial score (nSPS) is 12.2. The Morgan fingerprint density at radius 2 is 2.17 bits per heavy atom. The first-order chi connectivity index (χ1) is 11.5. The fraction of sp³-hybridized carbons (Fsp3) is 0.444. The van der Waals surface area contributed by atoms with Crippen LogP contribution in [-0.4, -0.2) is 27.6 Å². The third-order valence-corrected chi connectivity index (χ3v) is 4.53. The monoisotopic (exact) mass is 348 g/mol. The number of aromatic nitrogens is 3. The zero-order valence-corrected chi connectivity index (χ0v) is 15.5. The van der Waals surface area contributed by atoms with Crippen molar-refractivity contribution in [3.05, 3.63) is 52.7 Å². The first-order valence-corrected chi connectivity index (χ1v) is 9.28. The highest BCUT2D eigenvalue weighted by atomic mass is 32.2. The molecular formula is C18H25FN4S. The molecule has 0 bridgehead atoms. The molecule has 0 saturated heterocycles. The zero-order valence-electron chi connectivity index (χ0n) is 14.7. The standard InChI is InChI=1S/C18H25FN4S/c1-12(2)18-16(9-14-5-6-17(24-4)21-10-14)13(3)22-23(18)11-15(19)7-8-20/h5-7,10,12H,8-9,11,20H2,1-4H3/b15-7-. The molecule has 0 aromatic carbocycles. The second-order valence-electron chi connectivity index (χ2n) is 6.03. The van der Waals surface area contributed by atoms with Crippen LogP contribution in [0.15, 0.2) is 35.3 Å². The van der Waals surface area contributed by atoms with Crippen molar-refractivity contribution in [1.29, 1.82) is 0 Å². The second kappa shape index (κ2) is 8.44. The summed E-state index contributed by atoms with van der Waals surface area (Å²) in [6, 6.07) is 4.12. The minimum Gasteiger partial charge on any atom is -0.327 e. The Morgan fingerprint density at radius 3 is 2.71 bits per heavy atom. The number of pyridine rings is 1. The molecule has 130 valence electrons. The number of halogens is 1. The summed E-state index contributed by atoms with van der Waals surface area (Å²) in [5.74, 6) is 0.00439. The van der Waals surface area contributed by atoms with Gasteiger partial charge in [-0.1, -0.05) is 19.9 Å². The molecule has 2 aromatic heterocycles. The minimum absolute atomic E-state index is 0.134. The summed E-state index contributed by atoms with van der Waals surface area (Å²) in [6.45, 7) is 6.52. The molecule has 0 saturated carbocycles. The van der Waals surface area contributed by atoms with Crippen molar-refractivity contribution in [2.75, 3.05) is 12.8 Å². The molecule has 0 atom stereocenters. The topological polar surface area (TPSA) is 56.7 Å². The molecule has 0 spiro atoms. The SMILES string of the molecule is CSc1ccc(Cc2c(C)nn(C/C(F)=C/CN)c2C(C)C)cn1. The fourth-order valence-corrected chi connectivity index (χ4v) is 3.16. The maximum absolute atomic E-state index is 13.9. The third kappa shape index (κ3) is 4.45.